The van der Waals surface area contributed by atoms with Crippen LogP contribution in [0.3, 0.4) is 0 Å². The highest BCUT2D eigenvalue weighted by Crippen LogP contribution is 2.36. The fourth-order valence-corrected chi connectivity index (χ4v) is 3.36. The zero-order valence-electron chi connectivity index (χ0n) is 15.3. The van der Waals surface area contributed by atoms with E-state index in [1.165, 1.54) is 6.07 Å². The summed E-state index contributed by atoms with van der Waals surface area (Å²) < 4.78 is 44.4. The third-order valence-corrected chi connectivity index (χ3v) is 4.83. The maximum absolute atomic E-state index is 13.1. The van der Waals surface area contributed by atoms with Crippen LogP contribution in [0.1, 0.15) is 41.8 Å². The van der Waals surface area contributed by atoms with Crippen LogP contribution >= 0.6 is 0 Å². The maximum Gasteiger partial charge on any atom is 0.416 e. The van der Waals surface area contributed by atoms with Gasteiger partial charge in [-0.2, -0.15) is 13.2 Å². The summed E-state index contributed by atoms with van der Waals surface area (Å²) >= 11 is 0. The van der Waals surface area contributed by atoms with Crippen molar-refractivity contribution in [2.24, 2.45) is 0 Å². The third-order valence-electron chi connectivity index (χ3n) is 4.83. The van der Waals surface area contributed by atoms with Crippen LogP contribution in [0.4, 0.5) is 24.5 Å². The van der Waals surface area contributed by atoms with Crippen molar-refractivity contribution in [2.75, 3.05) is 23.3 Å². The fraction of sp³-hybridized carbons (Fsp3) is 0.474. The van der Waals surface area contributed by atoms with Gasteiger partial charge in [0.2, 0.25) is 5.91 Å². The summed E-state index contributed by atoms with van der Waals surface area (Å²) in [4.78, 5) is 14.4. The number of rotatable bonds is 5. The topological polar surface area (TPSA) is 58.4 Å². The van der Waals surface area contributed by atoms with E-state index in [1.807, 2.05) is 4.90 Å². The van der Waals surface area contributed by atoms with E-state index in [0.717, 1.165) is 49.3 Å². The highest BCUT2D eigenvalue weighted by atomic mass is 19.4. The van der Waals surface area contributed by atoms with Crippen molar-refractivity contribution in [1.82, 2.24) is 5.16 Å². The lowest BCUT2D eigenvalue weighted by atomic mass is 10.1. The lowest BCUT2D eigenvalue weighted by Crippen LogP contribution is -2.22. The molecule has 2 aromatic rings. The van der Waals surface area contributed by atoms with Crippen LogP contribution in [-0.4, -0.2) is 24.2 Å². The molecule has 1 N–H and O–H groups in total. The molecule has 3 rings (SSSR count). The van der Waals surface area contributed by atoms with Gasteiger partial charge in [-0.1, -0.05) is 5.16 Å². The van der Waals surface area contributed by atoms with Crippen LogP contribution in [0.15, 0.2) is 22.7 Å². The first kappa shape index (κ1) is 19.3. The van der Waals surface area contributed by atoms with E-state index in [0.29, 0.717) is 17.9 Å². The highest BCUT2D eigenvalue weighted by Gasteiger charge is 2.32. The van der Waals surface area contributed by atoms with E-state index in [1.54, 1.807) is 13.8 Å². The second-order valence-electron chi connectivity index (χ2n) is 6.77. The minimum absolute atomic E-state index is 0.137. The van der Waals surface area contributed by atoms with E-state index in [9.17, 15) is 18.0 Å². The van der Waals surface area contributed by atoms with Crippen molar-refractivity contribution in [3.05, 3.63) is 40.8 Å². The van der Waals surface area contributed by atoms with Crippen molar-refractivity contribution in [3.63, 3.8) is 0 Å². The largest absolute Gasteiger partial charge is 0.416 e. The van der Waals surface area contributed by atoms with Crippen LogP contribution in [0.2, 0.25) is 0 Å². The van der Waals surface area contributed by atoms with Crippen molar-refractivity contribution in [2.45, 2.75) is 45.7 Å². The number of aromatic nitrogens is 1. The van der Waals surface area contributed by atoms with Crippen molar-refractivity contribution < 1.29 is 22.5 Å². The van der Waals surface area contributed by atoms with Gasteiger partial charge < -0.3 is 14.7 Å². The average molecular weight is 381 g/mol. The van der Waals surface area contributed by atoms with Crippen LogP contribution in [0, 0.1) is 13.8 Å². The molecule has 1 saturated heterocycles. The summed E-state index contributed by atoms with van der Waals surface area (Å²) in [5.41, 5.74) is 1.64. The number of halogens is 3. The predicted molar refractivity (Wildman–Crippen MR) is 95.8 cm³/mol. The zero-order valence-corrected chi connectivity index (χ0v) is 15.3. The molecule has 0 unspecified atom stereocenters. The minimum Gasteiger partial charge on any atom is -0.370 e. The van der Waals surface area contributed by atoms with E-state index < -0.39 is 11.7 Å². The van der Waals surface area contributed by atoms with Crippen LogP contribution in [0.5, 0.6) is 0 Å². The van der Waals surface area contributed by atoms with Crippen LogP contribution in [0.25, 0.3) is 0 Å². The summed E-state index contributed by atoms with van der Waals surface area (Å²) in [6.45, 7) is 5.11. The second-order valence-corrected chi connectivity index (χ2v) is 6.77. The van der Waals surface area contributed by atoms with Gasteiger partial charge >= 0.3 is 6.18 Å². The second kappa shape index (κ2) is 7.62. The Bertz CT molecular complexity index is 805. The Morgan fingerprint density at radius 2 is 1.96 bits per heavy atom. The number of amides is 1. The molecule has 0 bridgehead atoms. The molecule has 2 heterocycles. The Labute approximate surface area is 155 Å². The minimum atomic E-state index is -4.46. The Kier molecular flexibility index (Phi) is 5.43. The molecule has 1 amide bonds. The summed E-state index contributed by atoms with van der Waals surface area (Å²) in [6.07, 6.45) is -1.93. The van der Waals surface area contributed by atoms with Gasteiger partial charge in [-0.25, -0.2) is 0 Å². The highest BCUT2D eigenvalue weighted by molar-refractivity contribution is 5.94. The van der Waals surface area contributed by atoms with Crippen LogP contribution < -0.4 is 10.2 Å². The van der Waals surface area contributed by atoms with E-state index in [-0.39, 0.29) is 18.0 Å². The van der Waals surface area contributed by atoms with Crippen molar-refractivity contribution in [1.29, 1.82) is 0 Å². The Morgan fingerprint density at radius 3 is 2.56 bits per heavy atom. The molecule has 0 radical (unpaired) electrons. The molecule has 0 saturated carbocycles. The summed E-state index contributed by atoms with van der Waals surface area (Å²) in [6, 6.07) is 3.52. The summed E-state index contributed by atoms with van der Waals surface area (Å²) in [5, 5.41) is 6.51. The molecule has 1 aliphatic heterocycles. The maximum atomic E-state index is 13.1. The predicted octanol–water partition coefficient (Wildman–Crippen LogP) is 4.48. The molecular formula is C19H22F3N3O2. The number of carbonyl (C=O) groups is 1. The van der Waals surface area contributed by atoms with Gasteiger partial charge in [0.25, 0.3) is 0 Å². The van der Waals surface area contributed by atoms with Gasteiger partial charge in [0.05, 0.1) is 22.6 Å². The molecule has 0 atom stereocenters. The van der Waals surface area contributed by atoms with Gasteiger partial charge in [-0.15, -0.1) is 0 Å². The first-order chi connectivity index (χ1) is 12.8. The number of benzene rings is 1. The van der Waals surface area contributed by atoms with E-state index in [2.05, 4.69) is 10.5 Å². The fourth-order valence-electron chi connectivity index (χ4n) is 3.36. The lowest BCUT2D eigenvalue weighted by Gasteiger charge is -2.23. The monoisotopic (exact) mass is 381 g/mol. The molecule has 0 aliphatic carbocycles. The number of anilines is 2. The van der Waals surface area contributed by atoms with Gasteiger partial charge in [-0.05, 0) is 51.3 Å². The van der Waals surface area contributed by atoms with E-state index >= 15 is 0 Å². The number of aryl methyl sites for hydroxylation is 2. The summed E-state index contributed by atoms with van der Waals surface area (Å²) in [5.74, 6) is 0.312. The van der Waals surface area contributed by atoms with Gasteiger partial charge in [0, 0.05) is 25.1 Å². The molecule has 1 fully saturated rings. The van der Waals surface area contributed by atoms with Gasteiger partial charge in [0.1, 0.15) is 5.76 Å². The standard InChI is InChI=1S/C19H22F3N3O2/c1-12-15(13(2)27-24-12)6-8-18(26)23-16-11-14(19(20,21)22)5-7-17(16)25-9-3-4-10-25/h5,7,11H,3-4,6,8-10H2,1-2H3,(H,23,26). The molecule has 1 aromatic carbocycles. The molecule has 1 aliphatic rings. The average Bonchev–Trinajstić information content (AvgIpc) is 3.23. The van der Waals surface area contributed by atoms with E-state index in [4.69, 9.17) is 4.52 Å². The number of hydrogen-bond acceptors (Lipinski definition) is 4. The molecule has 0 spiro atoms. The zero-order chi connectivity index (χ0) is 19.6. The lowest BCUT2D eigenvalue weighted by molar-refractivity contribution is -0.137. The SMILES string of the molecule is Cc1noc(C)c1CCC(=O)Nc1cc(C(F)(F)F)ccc1N1CCCC1. The van der Waals surface area contributed by atoms with Gasteiger partial charge in [-0.3, -0.25) is 4.79 Å². The van der Waals surface area contributed by atoms with Gasteiger partial charge in [0.15, 0.2) is 0 Å². The number of alkyl halides is 3. The smallest absolute Gasteiger partial charge is 0.370 e. The molecule has 27 heavy (non-hydrogen) atoms. The Morgan fingerprint density at radius 1 is 1.26 bits per heavy atom. The Balaban J connectivity index is 1.77. The number of hydrogen-bond donors (Lipinski definition) is 1. The quantitative estimate of drug-likeness (QED) is 0.830. The van der Waals surface area contributed by atoms with Crippen molar-refractivity contribution >= 4 is 17.3 Å². The molecule has 8 heteroatoms. The molecular weight excluding hydrogens is 359 g/mol. The number of nitrogens with zero attached hydrogens (tertiary/aromatic N) is 2. The molecule has 5 nitrogen and oxygen atoms in total. The Hall–Kier alpha value is -2.51. The number of nitrogens with one attached hydrogen (secondary N) is 1. The summed E-state index contributed by atoms with van der Waals surface area (Å²) in [7, 11) is 0. The first-order valence-electron chi connectivity index (χ1n) is 8.93. The molecule has 1 aromatic heterocycles. The third kappa shape index (κ3) is 4.43. The molecule has 146 valence electrons. The first-order valence-corrected chi connectivity index (χ1v) is 8.93. The van der Waals surface area contributed by atoms with Crippen LogP contribution in [-0.2, 0) is 17.4 Å². The van der Waals surface area contributed by atoms with Crippen molar-refractivity contribution in [3.8, 4) is 0 Å². The number of carbonyl (C=O) groups excluding carboxylic acids is 1. The normalized spacial score (nSPS) is 14.6.